The molecule has 3 atom stereocenters. The summed E-state index contributed by atoms with van der Waals surface area (Å²) in [5, 5.41) is 14.8. The van der Waals surface area contributed by atoms with Gasteiger partial charge in [0, 0.05) is 23.4 Å². The number of halogens is 1. The molecule has 37 heavy (non-hydrogen) atoms. The Balaban J connectivity index is 1.29. The minimum absolute atomic E-state index is 0.0333. The molecule has 1 amide bonds. The van der Waals surface area contributed by atoms with Crippen LogP contribution >= 0.6 is 11.6 Å². The molecule has 10 heteroatoms. The molecule has 0 radical (unpaired) electrons. The Hall–Kier alpha value is -3.46. The van der Waals surface area contributed by atoms with E-state index >= 15 is 0 Å². The Morgan fingerprint density at radius 3 is 2.57 bits per heavy atom. The van der Waals surface area contributed by atoms with E-state index in [1.165, 1.54) is 6.33 Å². The van der Waals surface area contributed by atoms with Crippen molar-refractivity contribution in [3.8, 4) is 17.2 Å². The minimum atomic E-state index is -0.565. The number of nitrogens with zero attached hydrogens (tertiary/aromatic N) is 4. The fourth-order valence-electron chi connectivity index (χ4n) is 4.95. The Kier molecular flexibility index (Phi) is 8.76. The molecule has 1 N–H and O–H groups in total. The summed E-state index contributed by atoms with van der Waals surface area (Å²) in [5.41, 5.74) is 2.76. The first-order chi connectivity index (χ1) is 17.9. The van der Waals surface area contributed by atoms with Gasteiger partial charge in [-0.2, -0.15) is 0 Å². The van der Waals surface area contributed by atoms with Crippen LogP contribution < -0.4 is 14.8 Å². The number of methoxy groups -OCH3 is 2. The zero-order valence-corrected chi connectivity index (χ0v) is 22.1. The number of Topliss-reactive ketones (excluding diaryl/α,β-unsaturated/α-hetero) is 1. The van der Waals surface area contributed by atoms with Gasteiger partial charge in [0.15, 0.2) is 5.78 Å². The normalized spacial score (nSPS) is 17.8. The number of hydrogen-bond acceptors (Lipinski definition) is 7. The quantitative estimate of drug-likeness (QED) is 0.403. The summed E-state index contributed by atoms with van der Waals surface area (Å²) in [7, 11) is 3.28. The standard InChI is InChI=1S/C27H32ClN5O4/c1-17(26(34)9-6-20-14-22(28)7-8-25(20)33-16-29-31-32-33)30-27(35)21-5-4-18(11-21)10-19-12-23(36-2)15-24(13-19)37-3/h7-8,12-18,21H,4-6,9-11H2,1-3H3,(H,30,35)/t17-,18-,21+/m0/s1. The number of carbonyl (C=O) groups excluding carboxylic acids is 2. The number of aryl methyl sites for hydroxylation is 1. The van der Waals surface area contributed by atoms with Gasteiger partial charge >= 0.3 is 0 Å². The number of ether oxygens (including phenoxy) is 2. The smallest absolute Gasteiger partial charge is 0.223 e. The number of carbonyl (C=O) groups is 2. The molecule has 1 aliphatic carbocycles. The van der Waals surface area contributed by atoms with E-state index in [0.29, 0.717) is 17.4 Å². The fraction of sp³-hybridized carbons (Fsp3) is 0.444. The van der Waals surface area contributed by atoms with E-state index < -0.39 is 6.04 Å². The first-order valence-electron chi connectivity index (χ1n) is 12.4. The zero-order chi connectivity index (χ0) is 26.4. The van der Waals surface area contributed by atoms with Crippen molar-refractivity contribution in [3.05, 3.63) is 58.9 Å². The Morgan fingerprint density at radius 1 is 1.14 bits per heavy atom. The number of tetrazole rings is 1. The number of benzene rings is 2. The molecule has 4 rings (SSSR count). The summed E-state index contributed by atoms with van der Waals surface area (Å²) in [5.74, 6) is 1.74. The fourth-order valence-corrected chi connectivity index (χ4v) is 5.15. The number of ketones is 1. The largest absolute Gasteiger partial charge is 0.497 e. The van der Waals surface area contributed by atoms with Crippen LogP contribution in [-0.2, 0) is 22.4 Å². The SMILES string of the molecule is COc1cc(C[C@@H]2CC[C@@H](C(=O)N[C@@H](C)C(=O)CCc3cc(Cl)ccc3-n3cnnn3)C2)cc(OC)c1. The van der Waals surface area contributed by atoms with Crippen molar-refractivity contribution >= 4 is 23.3 Å². The van der Waals surface area contributed by atoms with E-state index in [2.05, 4.69) is 20.8 Å². The van der Waals surface area contributed by atoms with Gasteiger partial charge in [0.25, 0.3) is 0 Å². The molecule has 196 valence electrons. The molecule has 0 unspecified atom stereocenters. The molecule has 1 fully saturated rings. The van der Waals surface area contributed by atoms with Gasteiger partial charge in [-0.05, 0) is 96.8 Å². The van der Waals surface area contributed by atoms with Gasteiger partial charge in [-0.25, -0.2) is 4.68 Å². The van der Waals surface area contributed by atoms with Gasteiger partial charge in [-0.15, -0.1) is 5.10 Å². The van der Waals surface area contributed by atoms with E-state index in [4.69, 9.17) is 21.1 Å². The maximum atomic E-state index is 12.9. The third-order valence-electron chi connectivity index (χ3n) is 6.97. The van der Waals surface area contributed by atoms with Crippen LogP contribution in [0.3, 0.4) is 0 Å². The van der Waals surface area contributed by atoms with Gasteiger partial charge < -0.3 is 14.8 Å². The highest BCUT2D eigenvalue weighted by atomic mass is 35.5. The molecule has 1 saturated carbocycles. The van der Waals surface area contributed by atoms with Crippen LogP contribution in [0.25, 0.3) is 5.69 Å². The number of nitrogens with one attached hydrogen (secondary N) is 1. The average Bonchev–Trinajstić information content (AvgIpc) is 3.59. The van der Waals surface area contributed by atoms with E-state index in [9.17, 15) is 9.59 Å². The molecular weight excluding hydrogens is 494 g/mol. The van der Waals surface area contributed by atoms with Crippen LogP contribution in [0.2, 0.25) is 5.02 Å². The van der Waals surface area contributed by atoms with Gasteiger partial charge in [-0.3, -0.25) is 9.59 Å². The van der Waals surface area contributed by atoms with Crippen LogP contribution in [0.1, 0.15) is 43.7 Å². The summed E-state index contributed by atoms with van der Waals surface area (Å²) in [6.07, 6.45) is 5.66. The first-order valence-corrected chi connectivity index (χ1v) is 12.8. The molecule has 0 saturated heterocycles. The van der Waals surface area contributed by atoms with Crippen LogP contribution in [0, 0.1) is 11.8 Å². The van der Waals surface area contributed by atoms with Crippen molar-refractivity contribution in [1.82, 2.24) is 25.5 Å². The van der Waals surface area contributed by atoms with Crippen LogP contribution in [0.5, 0.6) is 11.5 Å². The lowest BCUT2D eigenvalue weighted by Crippen LogP contribution is -2.41. The highest BCUT2D eigenvalue weighted by molar-refractivity contribution is 6.30. The van der Waals surface area contributed by atoms with Crippen LogP contribution in [-0.4, -0.2) is 52.2 Å². The zero-order valence-electron chi connectivity index (χ0n) is 21.3. The molecule has 0 aliphatic heterocycles. The lowest BCUT2D eigenvalue weighted by Gasteiger charge is -2.17. The summed E-state index contributed by atoms with van der Waals surface area (Å²) in [6, 6.07) is 10.7. The van der Waals surface area contributed by atoms with Gasteiger partial charge in [0.1, 0.15) is 17.8 Å². The molecule has 0 spiro atoms. The van der Waals surface area contributed by atoms with E-state index in [-0.39, 0.29) is 24.0 Å². The highest BCUT2D eigenvalue weighted by Gasteiger charge is 2.31. The Bertz CT molecular complexity index is 1210. The molecule has 9 nitrogen and oxygen atoms in total. The second kappa shape index (κ2) is 12.2. The maximum absolute atomic E-state index is 12.9. The summed E-state index contributed by atoms with van der Waals surface area (Å²) < 4.78 is 12.3. The van der Waals surface area contributed by atoms with Gasteiger partial charge in [-0.1, -0.05) is 11.6 Å². The van der Waals surface area contributed by atoms with E-state index in [1.807, 2.05) is 30.3 Å². The summed E-state index contributed by atoms with van der Waals surface area (Å²) in [6.45, 7) is 1.75. The lowest BCUT2D eigenvalue weighted by molar-refractivity contribution is -0.129. The second-order valence-electron chi connectivity index (χ2n) is 9.53. The predicted octanol–water partition coefficient (Wildman–Crippen LogP) is 4.00. The van der Waals surface area contributed by atoms with E-state index in [1.54, 1.807) is 31.9 Å². The van der Waals surface area contributed by atoms with Crippen molar-refractivity contribution in [1.29, 1.82) is 0 Å². The molecule has 1 aromatic heterocycles. The molecule has 3 aromatic rings. The maximum Gasteiger partial charge on any atom is 0.223 e. The van der Waals surface area contributed by atoms with Crippen molar-refractivity contribution in [2.45, 2.75) is 51.5 Å². The number of rotatable bonds is 11. The second-order valence-corrected chi connectivity index (χ2v) is 9.96. The third-order valence-corrected chi connectivity index (χ3v) is 7.20. The summed E-state index contributed by atoms with van der Waals surface area (Å²) in [4.78, 5) is 25.8. The molecule has 1 heterocycles. The lowest BCUT2D eigenvalue weighted by atomic mass is 9.96. The molecule has 2 aromatic carbocycles. The Labute approximate surface area is 221 Å². The molecule has 1 aliphatic rings. The van der Waals surface area contributed by atoms with Crippen LogP contribution in [0.15, 0.2) is 42.7 Å². The van der Waals surface area contributed by atoms with Crippen molar-refractivity contribution in [2.24, 2.45) is 11.8 Å². The molecule has 0 bridgehead atoms. The third kappa shape index (κ3) is 6.85. The number of amides is 1. The molecular formula is C27H32ClN5O4. The highest BCUT2D eigenvalue weighted by Crippen LogP contribution is 2.35. The first kappa shape index (κ1) is 26.6. The number of aromatic nitrogens is 4. The monoisotopic (exact) mass is 525 g/mol. The predicted molar refractivity (Wildman–Crippen MR) is 139 cm³/mol. The van der Waals surface area contributed by atoms with Crippen molar-refractivity contribution in [3.63, 3.8) is 0 Å². The van der Waals surface area contributed by atoms with Gasteiger partial charge in [0.2, 0.25) is 5.91 Å². The van der Waals surface area contributed by atoms with Crippen LogP contribution in [0.4, 0.5) is 0 Å². The van der Waals surface area contributed by atoms with Gasteiger partial charge in [0.05, 0.1) is 25.9 Å². The number of hydrogen-bond donors (Lipinski definition) is 1. The van der Waals surface area contributed by atoms with Crippen molar-refractivity contribution in [2.75, 3.05) is 14.2 Å². The summed E-state index contributed by atoms with van der Waals surface area (Å²) >= 11 is 6.18. The average molecular weight is 526 g/mol. The minimum Gasteiger partial charge on any atom is -0.497 e. The van der Waals surface area contributed by atoms with Crippen molar-refractivity contribution < 1.29 is 19.1 Å². The Morgan fingerprint density at radius 2 is 1.89 bits per heavy atom. The topological polar surface area (TPSA) is 108 Å². The van der Waals surface area contributed by atoms with E-state index in [0.717, 1.165) is 54.0 Å².